The van der Waals surface area contributed by atoms with Crippen LogP contribution < -0.4 is 0 Å². The Hall–Kier alpha value is -0.500. The van der Waals surface area contributed by atoms with Gasteiger partial charge in [-0.2, -0.15) is 0 Å². The molecule has 13 heavy (non-hydrogen) atoms. The summed E-state index contributed by atoms with van der Waals surface area (Å²) >= 11 is 0. The molecular weight excluding hydrogens is 164 g/mol. The molecule has 1 aliphatic carbocycles. The van der Waals surface area contributed by atoms with Crippen LogP contribution in [0.15, 0.2) is 11.3 Å². The molecule has 0 saturated heterocycles. The highest BCUT2D eigenvalue weighted by molar-refractivity contribution is 5.23. The normalized spacial score (nSPS) is 32.4. The van der Waals surface area contributed by atoms with E-state index in [2.05, 4.69) is 13.8 Å². The van der Waals surface area contributed by atoms with Gasteiger partial charge in [0.25, 0.3) is 0 Å². The SMILES string of the molecule is CC1(C)C2=C(CCC1O)OCCC2. The van der Waals surface area contributed by atoms with Gasteiger partial charge in [0.2, 0.25) is 0 Å². The third-order valence-corrected chi connectivity index (χ3v) is 3.44. The molecule has 2 rings (SSSR count). The predicted molar refractivity (Wildman–Crippen MR) is 51.2 cm³/mol. The van der Waals surface area contributed by atoms with Crippen LogP contribution in [-0.4, -0.2) is 17.8 Å². The van der Waals surface area contributed by atoms with Crippen LogP contribution in [0, 0.1) is 5.41 Å². The van der Waals surface area contributed by atoms with Crippen LogP contribution in [0.3, 0.4) is 0 Å². The van der Waals surface area contributed by atoms with Crippen molar-refractivity contribution < 1.29 is 9.84 Å². The second-order valence-corrected chi connectivity index (χ2v) is 4.63. The number of aliphatic hydroxyl groups excluding tert-OH is 1. The van der Waals surface area contributed by atoms with Crippen molar-refractivity contribution in [3.05, 3.63) is 11.3 Å². The zero-order chi connectivity index (χ0) is 9.47. The van der Waals surface area contributed by atoms with E-state index in [1.54, 1.807) is 0 Å². The van der Waals surface area contributed by atoms with E-state index in [1.807, 2.05) is 0 Å². The Labute approximate surface area is 79.6 Å². The molecule has 0 fully saturated rings. The van der Waals surface area contributed by atoms with Crippen molar-refractivity contribution in [3.8, 4) is 0 Å². The average Bonchev–Trinajstić information content (AvgIpc) is 2.13. The topological polar surface area (TPSA) is 29.5 Å². The van der Waals surface area contributed by atoms with Crippen LogP contribution in [-0.2, 0) is 4.74 Å². The summed E-state index contributed by atoms with van der Waals surface area (Å²) in [4.78, 5) is 0. The molecule has 0 spiro atoms. The fourth-order valence-electron chi connectivity index (χ4n) is 2.41. The Bertz CT molecular complexity index is 240. The molecule has 1 aliphatic heterocycles. The third kappa shape index (κ3) is 1.37. The Kier molecular flexibility index (Phi) is 2.11. The molecule has 0 bridgehead atoms. The lowest BCUT2D eigenvalue weighted by Gasteiger charge is -2.41. The predicted octanol–water partition coefficient (Wildman–Crippen LogP) is 2.23. The van der Waals surface area contributed by atoms with Crippen LogP contribution in [0.2, 0.25) is 0 Å². The lowest BCUT2D eigenvalue weighted by Crippen LogP contribution is -2.37. The standard InChI is InChI=1S/C11H18O2/c1-11(2)8-4-3-7-13-9(8)5-6-10(11)12/h10,12H,3-7H2,1-2H3. The van der Waals surface area contributed by atoms with Gasteiger partial charge in [-0.15, -0.1) is 0 Å². The van der Waals surface area contributed by atoms with Crippen molar-refractivity contribution in [2.75, 3.05) is 6.61 Å². The molecule has 0 saturated carbocycles. The first-order chi connectivity index (χ1) is 6.12. The molecule has 2 heteroatoms. The van der Waals surface area contributed by atoms with Gasteiger partial charge in [0.05, 0.1) is 18.5 Å². The van der Waals surface area contributed by atoms with Crippen molar-refractivity contribution in [1.82, 2.24) is 0 Å². The smallest absolute Gasteiger partial charge is 0.0959 e. The zero-order valence-electron chi connectivity index (χ0n) is 8.47. The van der Waals surface area contributed by atoms with Crippen LogP contribution >= 0.6 is 0 Å². The van der Waals surface area contributed by atoms with E-state index in [4.69, 9.17) is 4.74 Å². The van der Waals surface area contributed by atoms with Crippen molar-refractivity contribution in [2.45, 2.75) is 45.6 Å². The van der Waals surface area contributed by atoms with Crippen molar-refractivity contribution >= 4 is 0 Å². The van der Waals surface area contributed by atoms with Gasteiger partial charge in [-0.1, -0.05) is 13.8 Å². The first-order valence-electron chi connectivity index (χ1n) is 5.16. The Morgan fingerprint density at radius 3 is 2.92 bits per heavy atom. The second-order valence-electron chi connectivity index (χ2n) is 4.63. The quantitative estimate of drug-likeness (QED) is 0.622. The number of hydrogen-bond donors (Lipinski definition) is 1. The summed E-state index contributed by atoms with van der Waals surface area (Å²) in [5, 5.41) is 9.89. The molecule has 74 valence electrons. The minimum absolute atomic E-state index is 0.0615. The van der Waals surface area contributed by atoms with Crippen LogP contribution in [0.5, 0.6) is 0 Å². The Balaban J connectivity index is 2.33. The number of aliphatic hydroxyl groups is 1. The molecule has 1 heterocycles. The van der Waals surface area contributed by atoms with Gasteiger partial charge in [-0.25, -0.2) is 0 Å². The minimum Gasteiger partial charge on any atom is -0.498 e. The first kappa shape index (κ1) is 9.07. The lowest BCUT2D eigenvalue weighted by atomic mass is 9.70. The van der Waals surface area contributed by atoms with Gasteiger partial charge in [0, 0.05) is 11.8 Å². The molecule has 0 aromatic rings. The van der Waals surface area contributed by atoms with Gasteiger partial charge >= 0.3 is 0 Å². The maximum absolute atomic E-state index is 9.89. The maximum atomic E-state index is 9.89. The van der Waals surface area contributed by atoms with E-state index in [0.29, 0.717) is 0 Å². The summed E-state index contributed by atoms with van der Waals surface area (Å²) in [5.74, 6) is 1.17. The van der Waals surface area contributed by atoms with E-state index < -0.39 is 0 Å². The fraction of sp³-hybridized carbons (Fsp3) is 0.818. The van der Waals surface area contributed by atoms with Gasteiger partial charge in [0.15, 0.2) is 0 Å². The summed E-state index contributed by atoms with van der Waals surface area (Å²) in [7, 11) is 0. The zero-order valence-corrected chi connectivity index (χ0v) is 8.47. The number of ether oxygens (including phenoxy) is 1. The summed E-state index contributed by atoms with van der Waals surface area (Å²) in [6.45, 7) is 5.12. The first-order valence-corrected chi connectivity index (χ1v) is 5.16. The minimum atomic E-state index is -0.187. The molecule has 0 amide bonds. The number of allylic oxidation sites excluding steroid dienone is 1. The van der Waals surface area contributed by atoms with Gasteiger partial charge < -0.3 is 9.84 Å². The van der Waals surface area contributed by atoms with Crippen LogP contribution in [0.1, 0.15) is 39.5 Å². The lowest BCUT2D eigenvalue weighted by molar-refractivity contribution is 0.0294. The Morgan fingerprint density at radius 1 is 1.38 bits per heavy atom. The molecule has 0 aromatic carbocycles. The van der Waals surface area contributed by atoms with E-state index in [0.717, 1.165) is 32.3 Å². The van der Waals surface area contributed by atoms with Crippen molar-refractivity contribution in [3.63, 3.8) is 0 Å². The number of hydrogen-bond acceptors (Lipinski definition) is 2. The van der Waals surface area contributed by atoms with Gasteiger partial charge in [-0.3, -0.25) is 0 Å². The van der Waals surface area contributed by atoms with Gasteiger partial charge in [-0.05, 0) is 24.8 Å². The fourth-order valence-corrected chi connectivity index (χ4v) is 2.41. The van der Waals surface area contributed by atoms with Crippen molar-refractivity contribution in [1.29, 1.82) is 0 Å². The Morgan fingerprint density at radius 2 is 2.15 bits per heavy atom. The van der Waals surface area contributed by atoms with E-state index in [1.165, 1.54) is 11.3 Å². The molecule has 1 N–H and O–H groups in total. The monoisotopic (exact) mass is 182 g/mol. The highest BCUT2D eigenvalue weighted by atomic mass is 16.5. The maximum Gasteiger partial charge on any atom is 0.0959 e. The largest absolute Gasteiger partial charge is 0.498 e. The number of rotatable bonds is 0. The molecule has 1 unspecified atom stereocenters. The highest BCUT2D eigenvalue weighted by Crippen LogP contribution is 2.44. The van der Waals surface area contributed by atoms with Gasteiger partial charge in [0.1, 0.15) is 0 Å². The summed E-state index contributed by atoms with van der Waals surface area (Å²) in [5.41, 5.74) is 1.30. The average molecular weight is 182 g/mol. The molecule has 0 radical (unpaired) electrons. The second kappa shape index (κ2) is 3.02. The van der Waals surface area contributed by atoms with E-state index >= 15 is 0 Å². The highest BCUT2D eigenvalue weighted by Gasteiger charge is 2.38. The molecule has 2 aliphatic rings. The van der Waals surface area contributed by atoms with Crippen molar-refractivity contribution in [2.24, 2.45) is 5.41 Å². The van der Waals surface area contributed by atoms with Crippen LogP contribution in [0.4, 0.5) is 0 Å². The summed E-state index contributed by atoms with van der Waals surface area (Å²) < 4.78 is 5.63. The molecule has 1 atom stereocenters. The van der Waals surface area contributed by atoms with E-state index in [9.17, 15) is 5.11 Å². The van der Waals surface area contributed by atoms with Crippen LogP contribution in [0.25, 0.3) is 0 Å². The molecular formula is C11H18O2. The summed E-state index contributed by atoms with van der Waals surface area (Å²) in [6.07, 6.45) is 3.81. The molecule has 0 aromatic heterocycles. The third-order valence-electron chi connectivity index (χ3n) is 3.44. The summed E-state index contributed by atoms with van der Waals surface area (Å²) in [6, 6.07) is 0. The van der Waals surface area contributed by atoms with E-state index in [-0.39, 0.29) is 11.5 Å². The molecule has 2 nitrogen and oxygen atoms in total.